The van der Waals surface area contributed by atoms with Gasteiger partial charge in [-0.25, -0.2) is 4.68 Å². The van der Waals surface area contributed by atoms with Crippen LogP contribution >= 0.6 is 0 Å². The van der Waals surface area contributed by atoms with E-state index in [1.807, 2.05) is 0 Å². The Bertz CT molecular complexity index is 1400. The van der Waals surface area contributed by atoms with E-state index in [1.54, 1.807) is 24.3 Å². The Morgan fingerprint density at radius 1 is 1.05 bits per heavy atom. The Kier molecular flexibility index (Phi) is 6.47. The van der Waals surface area contributed by atoms with Crippen LogP contribution in [-0.2, 0) is 17.5 Å². The summed E-state index contributed by atoms with van der Waals surface area (Å²) in [6.45, 7) is 0.458. The number of hydrogen-bond donors (Lipinski definition) is 1. The molecule has 37 heavy (non-hydrogen) atoms. The Morgan fingerprint density at radius 2 is 1.78 bits per heavy atom. The highest BCUT2D eigenvalue weighted by atomic mass is 19.4. The van der Waals surface area contributed by atoms with Crippen LogP contribution in [-0.4, -0.2) is 38.5 Å². The monoisotopic (exact) mass is 515 g/mol. The van der Waals surface area contributed by atoms with Crippen molar-refractivity contribution in [2.45, 2.75) is 38.4 Å². The zero-order valence-electron chi connectivity index (χ0n) is 19.6. The molecule has 0 bridgehead atoms. The van der Waals surface area contributed by atoms with Gasteiger partial charge in [0.05, 0.1) is 30.0 Å². The van der Waals surface area contributed by atoms with E-state index >= 15 is 0 Å². The van der Waals surface area contributed by atoms with Gasteiger partial charge in [0.1, 0.15) is 11.3 Å². The number of benzene rings is 2. The van der Waals surface area contributed by atoms with Crippen molar-refractivity contribution in [1.82, 2.24) is 15.0 Å². The van der Waals surface area contributed by atoms with Crippen molar-refractivity contribution in [2.24, 2.45) is 23.7 Å². The molecule has 2 saturated carbocycles. The summed E-state index contributed by atoms with van der Waals surface area (Å²) >= 11 is 0. The van der Waals surface area contributed by atoms with E-state index in [1.165, 1.54) is 0 Å². The Hall–Kier alpha value is -3.76. The third kappa shape index (κ3) is 5.21. The van der Waals surface area contributed by atoms with Gasteiger partial charge in [0.25, 0.3) is 5.56 Å². The Morgan fingerprint density at radius 3 is 2.43 bits per heavy atom. The van der Waals surface area contributed by atoms with Crippen LogP contribution in [0.25, 0.3) is 10.9 Å². The summed E-state index contributed by atoms with van der Waals surface area (Å²) in [5.74, 6) is -2.76. The SMILES string of the molecule is O=C(c1ccc(OCC2CC2)cc1)C1CCC(Cn2nnc3ccc(C(F)(F)F)cc3c2=O)C1C(=O)O. The number of Topliss-reactive ketones (excluding diaryl/α,β-unsaturated/α-hetero) is 1. The molecule has 3 atom stereocenters. The maximum absolute atomic E-state index is 13.2. The average Bonchev–Trinajstić information content (AvgIpc) is 3.61. The molecule has 0 saturated heterocycles. The lowest BCUT2D eigenvalue weighted by Gasteiger charge is -2.20. The summed E-state index contributed by atoms with van der Waals surface area (Å²) in [5.41, 5.74) is -1.40. The molecule has 0 spiro atoms. The van der Waals surface area contributed by atoms with Gasteiger partial charge in [0, 0.05) is 11.5 Å². The van der Waals surface area contributed by atoms with E-state index < -0.39 is 41.0 Å². The molecule has 1 N–H and O–H groups in total. The molecule has 2 aromatic carbocycles. The van der Waals surface area contributed by atoms with Crippen LogP contribution in [0.4, 0.5) is 13.2 Å². The minimum Gasteiger partial charge on any atom is -0.493 e. The van der Waals surface area contributed by atoms with E-state index in [9.17, 15) is 32.7 Å². The first-order valence-electron chi connectivity index (χ1n) is 12.1. The predicted molar refractivity (Wildman–Crippen MR) is 125 cm³/mol. The van der Waals surface area contributed by atoms with Gasteiger partial charge in [-0.2, -0.15) is 13.2 Å². The van der Waals surface area contributed by atoms with Crippen LogP contribution < -0.4 is 10.3 Å². The highest BCUT2D eigenvalue weighted by molar-refractivity contribution is 6.00. The van der Waals surface area contributed by atoms with E-state index in [0.29, 0.717) is 36.7 Å². The average molecular weight is 515 g/mol. The molecule has 5 rings (SSSR count). The lowest BCUT2D eigenvalue weighted by atomic mass is 9.84. The first kappa shape index (κ1) is 24.9. The number of carboxylic acid groups (broad SMARTS) is 1. The van der Waals surface area contributed by atoms with Crippen molar-refractivity contribution in [2.75, 3.05) is 6.61 Å². The number of carboxylic acids is 1. The molecule has 3 aromatic rings. The standard InChI is InChI=1S/C26H24F3N3O5/c27-26(28,29)17-6-10-21-20(11-17)24(34)32(31-30-21)12-16-5-9-19(22(16)25(35)36)23(33)15-3-7-18(8-4-15)37-13-14-1-2-14/h3-4,6-8,10-11,14,16,19,22H,1-2,5,9,12-13H2,(H,35,36). The number of halogens is 3. The number of alkyl halides is 3. The topological polar surface area (TPSA) is 111 Å². The minimum atomic E-state index is -4.64. The number of carbonyl (C=O) groups excluding carboxylic acids is 1. The summed E-state index contributed by atoms with van der Waals surface area (Å²) in [4.78, 5) is 38.3. The summed E-state index contributed by atoms with van der Waals surface area (Å²) in [7, 11) is 0. The number of hydrogen-bond acceptors (Lipinski definition) is 6. The summed E-state index contributed by atoms with van der Waals surface area (Å²) < 4.78 is 45.9. The minimum absolute atomic E-state index is 0.00747. The van der Waals surface area contributed by atoms with Crippen molar-refractivity contribution in [1.29, 1.82) is 0 Å². The van der Waals surface area contributed by atoms with Crippen LogP contribution in [0, 0.1) is 23.7 Å². The van der Waals surface area contributed by atoms with Crippen molar-refractivity contribution in [3.63, 3.8) is 0 Å². The fourth-order valence-corrected chi connectivity index (χ4v) is 4.98. The first-order chi connectivity index (χ1) is 17.6. The third-order valence-corrected chi connectivity index (χ3v) is 7.19. The van der Waals surface area contributed by atoms with E-state index in [2.05, 4.69) is 10.3 Å². The van der Waals surface area contributed by atoms with Gasteiger partial charge >= 0.3 is 12.1 Å². The molecule has 2 aliphatic carbocycles. The molecular weight excluding hydrogens is 491 g/mol. The number of ether oxygens (including phenoxy) is 1. The molecule has 194 valence electrons. The van der Waals surface area contributed by atoms with Crippen LogP contribution in [0.3, 0.4) is 0 Å². The van der Waals surface area contributed by atoms with Crippen LogP contribution in [0.5, 0.6) is 5.75 Å². The second-order valence-electron chi connectivity index (χ2n) is 9.76. The smallest absolute Gasteiger partial charge is 0.416 e. The number of fused-ring (bicyclic) bond motifs is 1. The highest BCUT2D eigenvalue weighted by Crippen LogP contribution is 2.40. The van der Waals surface area contributed by atoms with Gasteiger partial charge in [0.2, 0.25) is 0 Å². The zero-order chi connectivity index (χ0) is 26.3. The van der Waals surface area contributed by atoms with Crippen LogP contribution in [0.15, 0.2) is 47.3 Å². The fraction of sp³-hybridized carbons (Fsp3) is 0.423. The van der Waals surface area contributed by atoms with Crippen molar-refractivity contribution in [3.8, 4) is 5.75 Å². The van der Waals surface area contributed by atoms with Crippen LogP contribution in [0.2, 0.25) is 0 Å². The Balaban J connectivity index is 1.34. The van der Waals surface area contributed by atoms with Gasteiger partial charge in [-0.1, -0.05) is 5.21 Å². The molecule has 2 aliphatic rings. The lowest BCUT2D eigenvalue weighted by Crippen LogP contribution is -2.34. The number of rotatable bonds is 8. The number of carbonyl (C=O) groups is 2. The van der Waals surface area contributed by atoms with Crippen molar-refractivity contribution >= 4 is 22.7 Å². The predicted octanol–water partition coefficient (Wildman–Crippen LogP) is 4.21. The first-order valence-corrected chi connectivity index (χ1v) is 12.1. The summed E-state index contributed by atoms with van der Waals surface area (Å²) in [6.07, 6.45) is -1.69. The second-order valence-corrected chi connectivity index (χ2v) is 9.76. The zero-order valence-corrected chi connectivity index (χ0v) is 19.6. The molecule has 0 amide bonds. The molecule has 1 aromatic heterocycles. The van der Waals surface area contributed by atoms with Gasteiger partial charge in [-0.05, 0) is 80.0 Å². The van der Waals surface area contributed by atoms with Gasteiger partial charge in [-0.3, -0.25) is 14.4 Å². The number of aromatic nitrogens is 3. The van der Waals surface area contributed by atoms with Gasteiger partial charge in [0.15, 0.2) is 5.78 Å². The molecular formula is C26H24F3N3O5. The molecule has 2 fully saturated rings. The Labute approximate surface area is 209 Å². The number of aliphatic carboxylic acids is 1. The number of ketones is 1. The van der Waals surface area contributed by atoms with Crippen LogP contribution in [0.1, 0.15) is 41.6 Å². The van der Waals surface area contributed by atoms with Gasteiger partial charge in [-0.15, -0.1) is 5.10 Å². The lowest BCUT2D eigenvalue weighted by molar-refractivity contribution is -0.144. The molecule has 1 heterocycles. The van der Waals surface area contributed by atoms with E-state index in [0.717, 1.165) is 35.7 Å². The molecule has 8 nitrogen and oxygen atoms in total. The quantitative estimate of drug-likeness (QED) is 0.448. The van der Waals surface area contributed by atoms with E-state index in [-0.39, 0.29) is 23.2 Å². The maximum atomic E-state index is 13.2. The third-order valence-electron chi connectivity index (χ3n) is 7.19. The molecule has 11 heteroatoms. The normalized spacial score (nSPS) is 21.8. The van der Waals surface area contributed by atoms with Crippen molar-refractivity contribution < 1.29 is 32.6 Å². The largest absolute Gasteiger partial charge is 0.493 e. The van der Waals surface area contributed by atoms with Gasteiger partial charge < -0.3 is 9.84 Å². The summed E-state index contributed by atoms with van der Waals surface area (Å²) in [6, 6.07) is 9.23. The fourth-order valence-electron chi connectivity index (χ4n) is 4.98. The molecule has 0 aliphatic heterocycles. The highest BCUT2D eigenvalue weighted by Gasteiger charge is 2.45. The van der Waals surface area contributed by atoms with Crippen molar-refractivity contribution in [3.05, 3.63) is 63.9 Å². The second kappa shape index (κ2) is 9.60. The number of nitrogens with zero attached hydrogens (tertiary/aromatic N) is 3. The van der Waals surface area contributed by atoms with E-state index in [4.69, 9.17) is 4.74 Å². The molecule has 0 radical (unpaired) electrons. The maximum Gasteiger partial charge on any atom is 0.416 e. The summed E-state index contributed by atoms with van der Waals surface area (Å²) in [5, 5.41) is 17.3. The molecule has 3 unspecified atom stereocenters.